The highest BCUT2D eigenvalue weighted by molar-refractivity contribution is 5.20. The van der Waals surface area contributed by atoms with Crippen LogP contribution in [0.3, 0.4) is 0 Å². The Morgan fingerprint density at radius 2 is 1.92 bits per heavy atom. The Morgan fingerprint density at radius 1 is 1.24 bits per heavy atom. The highest BCUT2D eigenvalue weighted by atomic mass is 16.6. The van der Waals surface area contributed by atoms with Crippen LogP contribution in [0.4, 0.5) is 0 Å². The van der Waals surface area contributed by atoms with Gasteiger partial charge in [0.15, 0.2) is 0 Å². The average molecular weight is 350 g/mol. The van der Waals surface area contributed by atoms with Gasteiger partial charge < -0.3 is 24.1 Å². The van der Waals surface area contributed by atoms with E-state index in [0.717, 1.165) is 12.2 Å². The number of epoxide rings is 1. The van der Waals surface area contributed by atoms with Crippen molar-refractivity contribution in [1.82, 2.24) is 0 Å². The third-order valence-corrected chi connectivity index (χ3v) is 5.59. The summed E-state index contributed by atoms with van der Waals surface area (Å²) >= 11 is 0. The van der Waals surface area contributed by atoms with Gasteiger partial charge in [0.1, 0.15) is 18.0 Å². The van der Waals surface area contributed by atoms with Gasteiger partial charge in [-0.05, 0) is 38.3 Å². The number of methoxy groups -OCH3 is 1. The highest BCUT2D eigenvalue weighted by Crippen LogP contribution is 2.53. The minimum absolute atomic E-state index is 0.0204. The van der Waals surface area contributed by atoms with Crippen LogP contribution in [0.2, 0.25) is 0 Å². The molecule has 0 radical (unpaired) electrons. The van der Waals surface area contributed by atoms with Crippen LogP contribution in [0, 0.1) is 11.8 Å². The van der Waals surface area contributed by atoms with Crippen LogP contribution >= 0.6 is 0 Å². The molecule has 0 aromatic heterocycles. The van der Waals surface area contributed by atoms with Gasteiger partial charge >= 0.3 is 0 Å². The predicted octanol–water partition coefficient (Wildman–Crippen LogP) is 2.66. The van der Waals surface area contributed by atoms with Crippen LogP contribution < -0.4 is 4.74 Å². The second-order valence-electron chi connectivity index (χ2n) is 7.82. The Kier molecular flexibility index (Phi) is 5.40. The quantitative estimate of drug-likeness (QED) is 0.605. The molecule has 3 rings (SSSR count). The Balaban J connectivity index is 1.61. The third kappa shape index (κ3) is 3.85. The van der Waals surface area contributed by atoms with Crippen molar-refractivity contribution in [2.75, 3.05) is 26.9 Å². The maximum absolute atomic E-state index is 10.6. The van der Waals surface area contributed by atoms with Crippen molar-refractivity contribution < 1.29 is 24.1 Å². The Bertz CT molecular complexity index is 554. The van der Waals surface area contributed by atoms with Crippen LogP contribution in [-0.4, -0.2) is 55.4 Å². The van der Waals surface area contributed by atoms with E-state index in [1.54, 1.807) is 7.11 Å². The molecule has 140 valence electrons. The molecule has 2 fully saturated rings. The first-order valence-electron chi connectivity index (χ1n) is 9.06. The summed E-state index contributed by atoms with van der Waals surface area (Å²) in [6, 6.07) is 9.71. The zero-order valence-electron chi connectivity index (χ0n) is 15.6. The zero-order valence-corrected chi connectivity index (χ0v) is 15.6. The molecule has 25 heavy (non-hydrogen) atoms. The maximum atomic E-state index is 10.6. The number of aliphatic hydroxyl groups excluding tert-OH is 1. The summed E-state index contributed by atoms with van der Waals surface area (Å²) in [5.41, 5.74) is -0.721. The Labute approximate surface area is 150 Å². The van der Waals surface area contributed by atoms with E-state index < -0.39 is 11.7 Å². The minimum atomic E-state index is -0.506. The molecule has 2 aliphatic rings. The van der Waals surface area contributed by atoms with E-state index in [1.807, 2.05) is 30.3 Å². The molecule has 1 spiro atoms. The topological polar surface area (TPSA) is 60.5 Å². The van der Waals surface area contributed by atoms with Crippen LogP contribution in [-0.2, 0) is 14.2 Å². The summed E-state index contributed by atoms with van der Waals surface area (Å²) in [5.74, 6) is 0.969. The molecule has 1 aromatic carbocycles. The fourth-order valence-corrected chi connectivity index (χ4v) is 4.38. The van der Waals surface area contributed by atoms with Gasteiger partial charge in [-0.25, -0.2) is 0 Å². The molecule has 5 nitrogen and oxygen atoms in total. The van der Waals surface area contributed by atoms with E-state index in [2.05, 4.69) is 20.8 Å². The van der Waals surface area contributed by atoms with E-state index in [9.17, 15) is 5.11 Å². The third-order valence-electron chi connectivity index (χ3n) is 5.59. The van der Waals surface area contributed by atoms with Crippen molar-refractivity contribution in [2.45, 2.75) is 50.6 Å². The highest BCUT2D eigenvalue weighted by Gasteiger charge is 2.65. The number of rotatable bonds is 7. The van der Waals surface area contributed by atoms with Crippen molar-refractivity contribution in [3.05, 3.63) is 30.3 Å². The minimum Gasteiger partial charge on any atom is -0.491 e. The standard InChI is InChI=1S/C20H30O5/c1-14-12-20(13-25-20)18(17(22-4)16(14)21)19(2,3)24-11-10-23-15-8-6-5-7-9-15/h5-9,14,16-18,21H,10-13H2,1-4H3/t14-,16-,17-,18-,20+/m1/s1. The lowest BCUT2D eigenvalue weighted by Crippen LogP contribution is -2.60. The van der Waals surface area contributed by atoms with Crippen LogP contribution in [0.25, 0.3) is 0 Å². The van der Waals surface area contributed by atoms with E-state index in [1.165, 1.54) is 0 Å². The number of hydrogen-bond donors (Lipinski definition) is 1. The number of ether oxygens (including phenoxy) is 4. The van der Waals surface area contributed by atoms with Crippen molar-refractivity contribution in [2.24, 2.45) is 11.8 Å². The van der Waals surface area contributed by atoms with Crippen LogP contribution in [0.1, 0.15) is 27.2 Å². The number of para-hydroxylation sites is 1. The van der Waals surface area contributed by atoms with Gasteiger partial charge in [0.05, 0.1) is 31.0 Å². The second-order valence-corrected chi connectivity index (χ2v) is 7.82. The molecule has 0 bridgehead atoms. The smallest absolute Gasteiger partial charge is 0.119 e. The molecule has 0 amide bonds. The average Bonchev–Trinajstić information content (AvgIpc) is 3.35. The van der Waals surface area contributed by atoms with Gasteiger partial charge in [-0.15, -0.1) is 0 Å². The van der Waals surface area contributed by atoms with E-state index in [0.29, 0.717) is 19.8 Å². The summed E-state index contributed by atoms with van der Waals surface area (Å²) in [5, 5.41) is 10.6. The predicted molar refractivity (Wildman–Crippen MR) is 94.7 cm³/mol. The van der Waals surface area contributed by atoms with Gasteiger partial charge in [0, 0.05) is 13.0 Å². The molecule has 5 heteroatoms. The fourth-order valence-electron chi connectivity index (χ4n) is 4.38. The summed E-state index contributed by atoms with van der Waals surface area (Å²) < 4.78 is 23.4. The first-order chi connectivity index (χ1) is 11.9. The van der Waals surface area contributed by atoms with Crippen molar-refractivity contribution >= 4 is 0 Å². The summed E-state index contributed by atoms with van der Waals surface area (Å²) in [4.78, 5) is 0. The maximum Gasteiger partial charge on any atom is 0.119 e. The molecule has 1 N–H and O–H groups in total. The van der Waals surface area contributed by atoms with E-state index in [4.69, 9.17) is 18.9 Å². The first kappa shape index (κ1) is 18.6. The largest absolute Gasteiger partial charge is 0.491 e. The fraction of sp³-hybridized carbons (Fsp3) is 0.700. The van der Waals surface area contributed by atoms with Gasteiger partial charge in [-0.2, -0.15) is 0 Å². The molecule has 1 aliphatic carbocycles. The molecular weight excluding hydrogens is 320 g/mol. The normalized spacial score (nSPS) is 34.9. The Hall–Kier alpha value is -1.14. The van der Waals surface area contributed by atoms with Crippen molar-refractivity contribution in [3.8, 4) is 5.75 Å². The van der Waals surface area contributed by atoms with Gasteiger partial charge in [-0.3, -0.25) is 0 Å². The van der Waals surface area contributed by atoms with Crippen LogP contribution in [0.5, 0.6) is 5.75 Å². The summed E-state index contributed by atoms with van der Waals surface area (Å²) in [7, 11) is 1.66. The lowest BCUT2D eigenvalue weighted by atomic mass is 9.65. The Morgan fingerprint density at radius 3 is 2.52 bits per heavy atom. The molecule has 0 unspecified atom stereocenters. The summed E-state index contributed by atoms with van der Waals surface area (Å²) in [6.45, 7) is 7.82. The van der Waals surface area contributed by atoms with E-state index in [-0.39, 0.29) is 23.5 Å². The summed E-state index contributed by atoms with van der Waals surface area (Å²) in [6.07, 6.45) is 0.0380. The zero-order chi connectivity index (χ0) is 18.1. The molecule has 1 aliphatic heterocycles. The SMILES string of the molecule is CO[C@@H]1[C@H](O)[C@H](C)C[C@]2(CO2)[C@H]1C(C)(C)OCCOc1ccccc1. The molecule has 1 heterocycles. The number of hydrogen-bond acceptors (Lipinski definition) is 5. The molecule has 1 aromatic rings. The van der Waals surface area contributed by atoms with Crippen molar-refractivity contribution in [1.29, 1.82) is 0 Å². The molecule has 5 atom stereocenters. The molecule has 1 saturated heterocycles. The van der Waals surface area contributed by atoms with Gasteiger partial charge in [0.2, 0.25) is 0 Å². The number of aliphatic hydroxyl groups is 1. The number of benzene rings is 1. The van der Waals surface area contributed by atoms with Gasteiger partial charge in [0.25, 0.3) is 0 Å². The van der Waals surface area contributed by atoms with Crippen LogP contribution in [0.15, 0.2) is 30.3 Å². The lowest BCUT2D eigenvalue weighted by Gasteiger charge is -2.49. The first-order valence-corrected chi connectivity index (χ1v) is 9.06. The second kappa shape index (κ2) is 7.23. The van der Waals surface area contributed by atoms with E-state index >= 15 is 0 Å². The van der Waals surface area contributed by atoms with Crippen molar-refractivity contribution in [3.63, 3.8) is 0 Å². The monoisotopic (exact) mass is 350 g/mol. The lowest BCUT2D eigenvalue weighted by molar-refractivity contribution is -0.190. The molecule has 1 saturated carbocycles. The molecular formula is C20H30O5. The van der Waals surface area contributed by atoms with Gasteiger partial charge in [-0.1, -0.05) is 25.1 Å².